The number of imidazole rings is 1. The van der Waals surface area contributed by atoms with Crippen LogP contribution in [0.25, 0.3) is 28.2 Å². The lowest BCUT2D eigenvalue weighted by Gasteiger charge is -2.12. The predicted molar refractivity (Wildman–Crippen MR) is 126 cm³/mol. The van der Waals surface area contributed by atoms with E-state index in [1.807, 2.05) is 13.0 Å². The van der Waals surface area contributed by atoms with Crippen molar-refractivity contribution < 1.29 is 4.79 Å². The van der Waals surface area contributed by atoms with E-state index >= 15 is 0 Å². The Balaban J connectivity index is 2.03. The molecule has 3 aromatic heterocycles. The summed E-state index contributed by atoms with van der Waals surface area (Å²) in [6, 6.07) is 7.26. The number of hydrogen-bond donors (Lipinski definition) is 3. The van der Waals surface area contributed by atoms with Gasteiger partial charge in [-0.2, -0.15) is 10.4 Å². The Hall–Kier alpha value is -4.78. The van der Waals surface area contributed by atoms with Gasteiger partial charge in [-0.25, -0.2) is 14.8 Å². The second-order valence-corrected chi connectivity index (χ2v) is 7.10. The van der Waals surface area contributed by atoms with E-state index in [4.69, 9.17) is 0 Å². The smallest absolute Gasteiger partial charge is 0.321 e. The Morgan fingerprint density at radius 1 is 1.21 bits per heavy atom. The maximum Gasteiger partial charge on any atom is 0.321 e. The lowest BCUT2D eigenvalue weighted by atomic mass is 10.1. The fourth-order valence-corrected chi connectivity index (χ4v) is 2.83. The Bertz CT molecular complexity index is 1290. The number of H-pyrrole nitrogens is 2. The summed E-state index contributed by atoms with van der Waals surface area (Å²) >= 11 is 0. The lowest BCUT2D eigenvalue weighted by molar-refractivity contribution is 0.230. The number of aryl methyl sites for hydroxylation is 1. The van der Waals surface area contributed by atoms with Gasteiger partial charge in [0.1, 0.15) is 23.8 Å². The van der Waals surface area contributed by atoms with Gasteiger partial charge < -0.3 is 15.2 Å². The summed E-state index contributed by atoms with van der Waals surface area (Å²) in [5.41, 5.74) is 4.21. The molecule has 3 heterocycles. The maximum atomic E-state index is 12.0. The molecule has 0 radical (unpaired) electrons. The van der Waals surface area contributed by atoms with Crippen LogP contribution in [0.3, 0.4) is 0 Å². The SMILES string of the molecule is C=C/C=C(/C#N)c1nc(-c2ccc(-c3cncc(NC(=O)N(C)C)c3)cnc[nH]n2)[nH]c1C. The fraction of sp³-hybridized carbons (Fsp3) is 0.130. The van der Waals surface area contributed by atoms with Crippen molar-refractivity contribution in [2.24, 2.45) is 0 Å². The van der Waals surface area contributed by atoms with E-state index in [9.17, 15) is 10.1 Å². The number of carbonyl (C=O) groups excluding carboxylic acids is 1. The fourth-order valence-electron chi connectivity index (χ4n) is 2.83. The molecule has 0 aromatic carbocycles. The van der Waals surface area contributed by atoms with Gasteiger partial charge >= 0.3 is 6.03 Å². The summed E-state index contributed by atoms with van der Waals surface area (Å²) in [6.07, 6.45) is 9.48. The summed E-state index contributed by atoms with van der Waals surface area (Å²) in [5.74, 6) is 0.483. The maximum absolute atomic E-state index is 12.0. The molecule has 0 unspecified atom stereocenters. The average molecular weight is 441 g/mol. The molecule has 0 aliphatic carbocycles. The first-order valence-corrected chi connectivity index (χ1v) is 9.90. The number of pyridine rings is 1. The lowest BCUT2D eigenvalue weighted by Crippen LogP contribution is -2.27. The molecule has 2 amide bonds. The van der Waals surface area contributed by atoms with Crippen LogP contribution in [-0.2, 0) is 0 Å². The molecule has 10 nitrogen and oxygen atoms in total. The standard InChI is InChI=1S/C23H23N9O/c1-5-6-16(10-24)21-15(2)28-22(30-21)20-8-7-17(11-26-14-27-31-20)18-9-19(13-25-12-18)29-23(33)32(3)4/h5-9,11-14H,1H2,2-4H3,(H,26,27)(H,28,30)(H,29,33)/b8-7?,16-6-,17-11?,31-20?. The Kier molecular flexibility index (Phi) is 7.28. The highest BCUT2D eigenvalue weighted by Gasteiger charge is 2.13. The Labute approximate surface area is 191 Å². The van der Waals surface area contributed by atoms with E-state index in [0.717, 1.165) is 16.8 Å². The third-order valence-electron chi connectivity index (χ3n) is 4.47. The Morgan fingerprint density at radius 3 is 2.73 bits per heavy atom. The van der Waals surface area contributed by atoms with Crippen LogP contribution in [0.2, 0.25) is 0 Å². The van der Waals surface area contributed by atoms with Gasteiger partial charge in [0.25, 0.3) is 0 Å². The molecule has 0 bridgehead atoms. The highest BCUT2D eigenvalue weighted by Crippen LogP contribution is 2.23. The molecule has 33 heavy (non-hydrogen) atoms. The highest BCUT2D eigenvalue weighted by molar-refractivity contribution is 5.89. The van der Waals surface area contributed by atoms with Gasteiger partial charge in [-0.3, -0.25) is 10.1 Å². The topological polar surface area (TPSA) is 139 Å². The minimum atomic E-state index is -0.254. The van der Waals surface area contributed by atoms with Crippen molar-refractivity contribution in [3.8, 4) is 28.7 Å². The third-order valence-corrected chi connectivity index (χ3v) is 4.47. The van der Waals surface area contributed by atoms with Crippen LogP contribution in [0.1, 0.15) is 11.4 Å². The highest BCUT2D eigenvalue weighted by atomic mass is 16.2. The number of hydrogen-bond acceptors (Lipinski definition) is 6. The first-order valence-electron chi connectivity index (χ1n) is 9.90. The first kappa shape index (κ1) is 22.9. The predicted octanol–water partition coefficient (Wildman–Crippen LogP) is 3.88. The molecule has 3 rings (SSSR count). The summed E-state index contributed by atoms with van der Waals surface area (Å²) in [4.78, 5) is 29.5. The normalized spacial score (nSPS) is 10.7. The molecule has 0 atom stereocenters. The number of aromatic nitrogens is 6. The second-order valence-electron chi connectivity index (χ2n) is 7.10. The van der Waals surface area contributed by atoms with Crippen molar-refractivity contribution in [1.29, 1.82) is 5.26 Å². The molecule has 3 aromatic rings. The van der Waals surface area contributed by atoms with Crippen LogP contribution in [0.5, 0.6) is 0 Å². The second kappa shape index (κ2) is 10.5. The van der Waals surface area contributed by atoms with Crippen LogP contribution in [0, 0.1) is 18.3 Å². The van der Waals surface area contributed by atoms with Gasteiger partial charge in [0.15, 0.2) is 5.82 Å². The largest absolute Gasteiger partial charge is 0.340 e. The molecule has 166 valence electrons. The monoisotopic (exact) mass is 441 g/mol. The van der Waals surface area contributed by atoms with E-state index in [1.54, 1.807) is 57.0 Å². The minimum Gasteiger partial charge on any atom is -0.340 e. The summed E-state index contributed by atoms with van der Waals surface area (Å²) in [6.45, 7) is 5.47. The third kappa shape index (κ3) is 5.68. The van der Waals surface area contributed by atoms with Gasteiger partial charge in [0.2, 0.25) is 0 Å². The summed E-state index contributed by atoms with van der Waals surface area (Å²) in [5, 5.41) is 19.2. The zero-order chi connectivity index (χ0) is 23.8. The minimum absolute atomic E-state index is 0.254. The molecule has 0 aliphatic rings. The number of allylic oxidation sites excluding steroid dienone is 3. The summed E-state index contributed by atoms with van der Waals surface area (Å²) in [7, 11) is 3.32. The van der Waals surface area contributed by atoms with E-state index in [1.165, 1.54) is 11.2 Å². The number of nitrogens with one attached hydrogen (secondary N) is 3. The molecular formula is C23H23N9O. The molecule has 0 saturated heterocycles. The molecule has 0 aliphatic heterocycles. The van der Waals surface area contributed by atoms with Crippen molar-refractivity contribution in [3.05, 3.63) is 73.2 Å². The van der Waals surface area contributed by atoms with Crippen molar-refractivity contribution in [2.45, 2.75) is 6.92 Å². The van der Waals surface area contributed by atoms with Crippen LogP contribution in [0.4, 0.5) is 10.5 Å². The zero-order valence-electron chi connectivity index (χ0n) is 18.5. The number of nitrogens with zero attached hydrogens (tertiary/aromatic N) is 6. The van der Waals surface area contributed by atoms with Gasteiger partial charge in [-0.15, -0.1) is 0 Å². The van der Waals surface area contributed by atoms with E-state index in [-0.39, 0.29) is 6.03 Å². The van der Waals surface area contributed by atoms with Crippen molar-refractivity contribution >= 4 is 17.3 Å². The molecular weight excluding hydrogens is 418 g/mol. The molecule has 0 fully saturated rings. The molecule has 10 heteroatoms. The van der Waals surface area contributed by atoms with Crippen molar-refractivity contribution in [3.63, 3.8) is 0 Å². The van der Waals surface area contributed by atoms with E-state index in [2.05, 4.69) is 48.1 Å². The van der Waals surface area contributed by atoms with Crippen LogP contribution >= 0.6 is 0 Å². The van der Waals surface area contributed by atoms with Crippen molar-refractivity contribution in [1.82, 2.24) is 35.0 Å². The number of nitriles is 1. The zero-order valence-corrected chi connectivity index (χ0v) is 18.5. The van der Waals surface area contributed by atoms with E-state index < -0.39 is 0 Å². The molecule has 3 N–H and O–H groups in total. The quantitative estimate of drug-likeness (QED) is 0.406. The number of anilines is 1. The Morgan fingerprint density at radius 2 is 2.00 bits per heavy atom. The number of rotatable bonds is 5. The van der Waals surface area contributed by atoms with Gasteiger partial charge in [0, 0.05) is 43.3 Å². The van der Waals surface area contributed by atoms with Crippen molar-refractivity contribution in [2.75, 3.05) is 19.4 Å². The van der Waals surface area contributed by atoms with Gasteiger partial charge in [-0.1, -0.05) is 18.7 Å². The number of carbonyl (C=O) groups is 1. The van der Waals surface area contributed by atoms with E-state index in [0.29, 0.717) is 28.5 Å². The van der Waals surface area contributed by atoms with Crippen LogP contribution in [0.15, 0.2) is 61.8 Å². The summed E-state index contributed by atoms with van der Waals surface area (Å²) < 4.78 is 0. The first-order chi connectivity index (χ1) is 15.9. The molecule has 0 spiro atoms. The van der Waals surface area contributed by atoms with Gasteiger partial charge in [0.05, 0.1) is 17.5 Å². The van der Waals surface area contributed by atoms with Crippen LogP contribution in [-0.4, -0.2) is 55.2 Å². The van der Waals surface area contributed by atoms with Gasteiger partial charge in [-0.05, 0) is 25.1 Å². The average Bonchev–Trinajstić information content (AvgIpc) is 3.23. The number of aromatic amines is 2. The number of urea groups is 1. The molecule has 0 saturated carbocycles. The van der Waals surface area contributed by atoms with Crippen LogP contribution < -0.4 is 5.32 Å². The number of amides is 2.